The Bertz CT molecular complexity index is 656. The molecule has 1 rings (SSSR count). The summed E-state index contributed by atoms with van der Waals surface area (Å²) in [6.07, 6.45) is 4.90. The zero-order valence-corrected chi connectivity index (χ0v) is 13.8. The van der Waals surface area contributed by atoms with Gasteiger partial charge in [0.1, 0.15) is 5.56 Å². The molecular formula is C15H15BrN2O4. The maximum Gasteiger partial charge on any atom is 0.285 e. The number of nitro benzene ring substituents is 1. The van der Waals surface area contributed by atoms with Crippen molar-refractivity contribution < 1.29 is 14.5 Å². The molecule has 0 radical (unpaired) electrons. The van der Waals surface area contributed by atoms with Gasteiger partial charge < -0.3 is 5.32 Å². The fraction of sp³-hybridized carbons (Fsp3) is 0.333. The van der Waals surface area contributed by atoms with Crippen LogP contribution >= 0.6 is 15.9 Å². The number of nitrogens with one attached hydrogen (secondary N) is 1. The highest BCUT2D eigenvalue weighted by atomic mass is 79.9. The molecule has 0 atom stereocenters. The Labute approximate surface area is 136 Å². The number of carbonyl (C=O) groups excluding carboxylic acids is 2. The van der Waals surface area contributed by atoms with Gasteiger partial charge in [-0.1, -0.05) is 34.0 Å². The SMILES string of the molecule is C#CCNC(=O)c1cccc(CC(=O)C(C)(C)Br)c1[N+](=O)[O-]. The van der Waals surface area contributed by atoms with E-state index >= 15 is 0 Å². The van der Waals surface area contributed by atoms with Crippen molar-refractivity contribution in [3.8, 4) is 12.3 Å². The van der Waals surface area contributed by atoms with Gasteiger partial charge in [-0.2, -0.15) is 0 Å². The van der Waals surface area contributed by atoms with Crippen LogP contribution in [0.4, 0.5) is 5.69 Å². The number of halogens is 1. The highest BCUT2D eigenvalue weighted by Gasteiger charge is 2.29. The maximum absolute atomic E-state index is 12.1. The Balaban J connectivity index is 3.25. The number of amides is 1. The number of para-hydroxylation sites is 1. The van der Waals surface area contributed by atoms with Crippen LogP contribution in [-0.2, 0) is 11.2 Å². The molecule has 0 aliphatic rings. The average Bonchev–Trinajstić information content (AvgIpc) is 2.43. The average molecular weight is 367 g/mol. The van der Waals surface area contributed by atoms with Gasteiger partial charge in [-0.25, -0.2) is 0 Å². The Kier molecular flexibility index (Phi) is 5.83. The molecule has 6 nitrogen and oxygen atoms in total. The minimum Gasteiger partial charge on any atom is -0.341 e. The molecular weight excluding hydrogens is 352 g/mol. The zero-order chi connectivity index (χ0) is 16.9. The number of nitro groups is 1. The van der Waals surface area contributed by atoms with E-state index in [0.717, 1.165) is 0 Å². The lowest BCUT2D eigenvalue weighted by molar-refractivity contribution is -0.385. The van der Waals surface area contributed by atoms with Gasteiger partial charge in [0.25, 0.3) is 11.6 Å². The molecule has 0 saturated heterocycles. The molecule has 0 aromatic heterocycles. The summed E-state index contributed by atoms with van der Waals surface area (Å²) in [4.78, 5) is 34.7. The quantitative estimate of drug-likeness (QED) is 0.361. The van der Waals surface area contributed by atoms with Gasteiger partial charge in [-0.15, -0.1) is 6.42 Å². The molecule has 0 saturated carbocycles. The summed E-state index contributed by atoms with van der Waals surface area (Å²) in [7, 11) is 0. The first-order valence-corrected chi connectivity index (χ1v) is 7.18. The standard InChI is InChI=1S/C15H15BrN2O4/c1-4-8-17-14(20)11-7-5-6-10(13(11)18(21)22)9-12(19)15(2,3)16/h1,5-7H,8-9H2,2-3H3,(H,17,20). The lowest BCUT2D eigenvalue weighted by Crippen LogP contribution is -2.27. The Morgan fingerprint density at radius 3 is 2.59 bits per heavy atom. The highest BCUT2D eigenvalue weighted by Crippen LogP contribution is 2.27. The Morgan fingerprint density at radius 2 is 2.09 bits per heavy atom. The number of Topliss-reactive ketones (excluding diaryl/α,β-unsaturated/α-hetero) is 1. The van der Waals surface area contributed by atoms with E-state index in [1.165, 1.54) is 18.2 Å². The molecule has 1 amide bonds. The molecule has 0 heterocycles. The van der Waals surface area contributed by atoms with E-state index in [0.29, 0.717) is 0 Å². The summed E-state index contributed by atoms with van der Waals surface area (Å²) >= 11 is 3.22. The van der Waals surface area contributed by atoms with Crippen molar-refractivity contribution in [2.75, 3.05) is 6.54 Å². The number of hydrogen-bond donors (Lipinski definition) is 1. The predicted octanol–water partition coefficient (Wildman–Crippen LogP) is 2.24. The first-order valence-electron chi connectivity index (χ1n) is 6.38. The van der Waals surface area contributed by atoms with Crippen LogP contribution in [0, 0.1) is 22.5 Å². The molecule has 0 bridgehead atoms. The third-order valence-electron chi connectivity index (χ3n) is 2.91. The van der Waals surface area contributed by atoms with Crippen LogP contribution < -0.4 is 5.32 Å². The minimum absolute atomic E-state index is 0.0341. The van der Waals surface area contributed by atoms with Gasteiger partial charge in [0.05, 0.1) is 15.8 Å². The maximum atomic E-state index is 12.1. The van der Waals surface area contributed by atoms with Crippen molar-refractivity contribution in [2.45, 2.75) is 24.6 Å². The van der Waals surface area contributed by atoms with Crippen LogP contribution in [0.2, 0.25) is 0 Å². The van der Waals surface area contributed by atoms with Crippen LogP contribution in [0.1, 0.15) is 29.8 Å². The van der Waals surface area contributed by atoms with Crippen LogP contribution in [0.5, 0.6) is 0 Å². The fourth-order valence-electron chi connectivity index (χ4n) is 1.74. The first-order chi connectivity index (χ1) is 10.2. The summed E-state index contributed by atoms with van der Waals surface area (Å²) in [5.41, 5.74) is -0.295. The normalized spacial score (nSPS) is 10.6. The summed E-state index contributed by atoms with van der Waals surface area (Å²) in [5.74, 6) is 1.35. The van der Waals surface area contributed by atoms with Crippen LogP contribution in [0.15, 0.2) is 18.2 Å². The summed E-state index contributed by atoms with van der Waals surface area (Å²) < 4.78 is -0.803. The number of terminal acetylenes is 1. The van der Waals surface area contributed by atoms with Crippen molar-refractivity contribution >= 4 is 33.3 Å². The van der Waals surface area contributed by atoms with E-state index in [4.69, 9.17) is 6.42 Å². The number of rotatable bonds is 6. The van der Waals surface area contributed by atoms with Gasteiger partial charge in [0.2, 0.25) is 0 Å². The molecule has 0 aliphatic heterocycles. The fourth-order valence-corrected chi connectivity index (χ4v) is 1.88. The van der Waals surface area contributed by atoms with Crippen LogP contribution in [0.3, 0.4) is 0 Å². The Hall–Kier alpha value is -2.20. The molecule has 22 heavy (non-hydrogen) atoms. The van der Waals surface area contributed by atoms with Crippen LogP contribution in [-0.4, -0.2) is 27.5 Å². The number of alkyl halides is 1. The molecule has 1 aromatic rings. The molecule has 0 spiro atoms. The Morgan fingerprint density at radius 1 is 1.45 bits per heavy atom. The van der Waals surface area contributed by atoms with Crippen LogP contribution in [0.25, 0.3) is 0 Å². The van der Waals surface area contributed by atoms with Gasteiger partial charge in [0.15, 0.2) is 5.78 Å². The molecule has 0 fully saturated rings. The predicted molar refractivity (Wildman–Crippen MR) is 86.0 cm³/mol. The summed E-state index contributed by atoms with van der Waals surface area (Å²) in [6, 6.07) is 4.30. The van der Waals surface area contributed by atoms with Gasteiger partial charge >= 0.3 is 0 Å². The molecule has 1 N–H and O–H groups in total. The second kappa shape index (κ2) is 7.18. The van der Waals surface area contributed by atoms with Gasteiger partial charge in [-0.3, -0.25) is 19.7 Å². The second-order valence-corrected chi connectivity index (χ2v) is 7.01. The van der Waals surface area contributed by atoms with Gasteiger partial charge in [-0.05, 0) is 19.9 Å². The van der Waals surface area contributed by atoms with E-state index in [-0.39, 0.29) is 35.6 Å². The van der Waals surface area contributed by atoms with E-state index in [1.54, 1.807) is 13.8 Å². The second-order valence-electron chi connectivity index (χ2n) is 5.03. The van der Waals surface area contributed by atoms with Crippen molar-refractivity contribution in [1.82, 2.24) is 5.32 Å². The first kappa shape index (κ1) is 17.9. The summed E-state index contributed by atoms with van der Waals surface area (Å²) in [5, 5.41) is 13.7. The molecule has 0 aliphatic carbocycles. The number of carbonyl (C=O) groups is 2. The van der Waals surface area contributed by atoms with Crippen molar-refractivity contribution in [3.05, 3.63) is 39.4 Å². The molecule has 1 aromatic carbocycles. The van der Waals surface area contributed by atoms with Gasteiger partial charge in [0, 0.05) is 12.0 Å². The minimum atomic E-state index is -0.803. The molecule has 7 heteroatoms. The van der Waals surface area contributed by atoms with Crippen molar-refractivity contribution in [3.63, 3.8) is 0 Å². The van der Waals surface area contributed by atoms with E-state index in [1.807, 2.05) is 0 Å². The third kappa shape index (κ3) is 4.40. The number of hydrogen-bond acceptors (Lipinski definition) is 4. The van der Waals surface area contributed by atoms with Crippen molar-refractivity contribution in [2.24, 2.45) is 0 Å². The monoisotopic (exact) mass is 366 g/mol. The van der Waals surface area contributed by atoms with E-state index in [9.17, 15) is 19.7 Å². The molecule has 0 unspecified atom stereocenters. The van der Waals surface area contributed by atoms with E-state index < -0.39 is 15.2 Å². The largest absolute Gasteiger partial charge is 0.341 e. The summed E-state index contributed by atoms with van der Waals surface area (Å²) in [6.45, 7) is 3.28. The highest BCUT2D eigenvalue weighted by molar-refractivity contribution is 9.10. The zero-order valence-electron chi connectivity index (χ0n) is 12.2. The lowest BCUT2D eigenvalue weighted by Gasteiger charge is -2.15. The third-order valence-corrected chi connectivity index (χ3v) is 3.35. The van der Waals surface area contributed by atoms with Crippen molar-refractivity contribution in [1.29, 1.82) is 0 Å². The molecule has 116 valence electrons. The van der Waals surface area contributed by atoms with E-state index in [2.05, 4.69) is 27.2 Å². The number of ketones is 1. The lowest BCUT2D eigenvalue weighted by atomic mass is 9.97. The number of nitrogens with zero attached hydrogens (tertiary/aromatic N) is 1. The smallest absolute Gasteiger partial charge is 0.285 e. The number of benzene rings is 1. The topological polar surface area (TPSA) is 89.3 Å².